The number of carbonyl (C=O) groups excluding carboxylic acids is 2. The van der Waals surface area contributed by atoms with Gasteiger partial charge in [-0.3, -0.25) is 9.59 Å². The van der Waals surface area contributed by atoms with E-state index in [4.69, 9.17) is 25.8 Å². The number of rotatable bonds is 7. The largest absolute Gasteiger partial charge is 0.478 e. The van der Waals surface area contributed by atoms with Gasteiger partial charge in [-0.1, -0.05) is 11.2 Å². The number of amides is 2. The van der Waals surface area contributed by atoms with Crippen molar-refractivity contribution in [3.05, 3.63) is 86.2 Å². The zero-order valence-electron chi connectivity index (χ0n) is 29.4. The van der Waals surface area contributed by atoms with Gasteiger partial charge in [-0.15, -0.1) is 24.8 Å². The molecule has 1 saturated carbocycles. The third kappa shape index (κ3) is 8.21. The van der Waals surface area contributed by atoms with Gasteiger partial charge in [-0.2, -0.15) is 0 Å². The Labute approximate surface area is 324 Å². The first kappa shape index (κ1) is 41.7. The molecule has 11 nitrogen and oxygen atoms in total. The van der Waals surface area contributed by atoms with E-state index in [1.807, 2.05) is 24.5 Å². The lowest BCUT2D eigenvalue weighted by molar-refractivity contribution is -0.0586. The minimum Gasteiger partial charge on any atom is -0.478 e. The van der Waals surface area contributed by atoms with Crippen LogP contribution in [0.2, 0.25) is 0 Å². The maximum absolute atomic E-state index is 16.4. The maximum atomic E-state index is 16.4. The Kier molecular flexibility index (Phi) is 13.0. The Bertz CT molecular complexity index is 2190. The summed E-state index contributed by atoms with van der Waals surface area (Å²) < 4.78 is 42.6. The van der Waals surface area contributed by atoms with E-state index in [1.165, 1.54) is 12.1 Å². The van der Waals surface area contributed by atoms with Crippen LogP contribution >= 0.6 is 40.7 Å². The molecular formula is C37H40BrCl2F2N5O6. The summed E-state index contributed by atoms with van der Waals surface area (Å²) in [5, 5.41) is 13.6. The summed E-state index contributed by atoms with van der Waals surface area (Å²) in [5.41, 5.74) is 14.6. The van der Waals surface area contributed by atoms with Crippen LogP contribution in [0.15, 0.2) is 45.4 Å². The van der Waals surface area contributed by atoms with E-state index in [9.17, 15) is 18.8 Å². The summed E-state index contributed by atoms with van der Waals surface area (Å²) in [5.74, 6) is -1.93. The van der Waals surface area contributed by atoms with Crippen molar-refractivity contribution >= 4 is 80.3 Å². The van der Waals surface area contributed by atoms with Crippen molar-refractivity contribution < 1.29 is 37.5 Å². The normalized spacial score (nSPS) is 16.8. The molecule has 2 fully saturated rings. The molecule has 3 heterocycles. The summed E-state index contributed by atoms with van der Waals surface area (Å²) in [7, 11) is 0. The highest BCUT2D eigenvalue weighted by atomic mass is 79.9. The Hall–Kier alpha value is -4.08. The number of carbonyl (C=O) groups is 3. The smallest absolute Gasteiger partial charge is 0.336 e. The first-order valence-electron chi connectivity index (χ1n) is 16.6. The molecule has 0 unspecified atom stereocenters. The molecule has 53 heavy (non-hydrogen) atoms. The van der Waals surface area contributed by atoms with E-state index < -0.39 is 23.5 Å². The first-order chi connectivity index (χ1) is 24.2. The number of ether oxygens (including phenoxy) is 1. The van der Waals surface area contributed by atoms with Crippen LogP contribution in [0.25, 0.3) is 32.9 Å². The van der Waals surface area contributed by atoms with Crippen LogP contribution in [0.5, 0.6) is 0 Å². The van der Waals surface area contributed by atoms with E-state index in [0.29, 0.717) is 69.9 Å². The van der Waals surface area contributed by atoms with Gasteiger partial charge in [0.2, 0.25) is 0 Å². The van der Waals surface area contributed by atoms with Gasteiger partial charge in [0.1, 0.15) is 17.4 Å². The second-order valence-electron chi connectivity index (χ2n) is 13.3. The van der Waals surface area contributed by atoms with Crippen molar-refractivity contribution in [1.29, 1.82) is 0 Å². The van der Waals surface area contributed by atoms with E-state index >= 15 is 4.39 Å². The lowest BCUT2D eigenvalue weighted by Crippen LogP contribution is -2.48. The van der Waals surface area contributed by atoms with Crippen molar-refractivity contribution in [3.63, 3.8) is 0 Å². The number of nitrogens with zero attached hydrogens (tertiary/aromatic N) is 3. The van der Waals surface area contributed by atoms with Gasteiger partial charge in [0.15, 0.2) is 0 Å². The second kappa shape index (κ2) is 16.5. The van der Waals surface area contributed by atoms with E-state index in [-0.39, 0.29) is 76.2 Å². The second-order valence-corrected chi connectivity index (χ2v) is 14.1. The number of carboxylic acid groups (broad SMARTS) is 1. The van der Waals surface area contributed by atoms with Gasteiger partial charge in [-0.25, -0.2) is 13.6 Å². The van der Waals surface area contributed by atoms with Crippen molar-refractivity contribution in [2.45, 2.75) is 65.8 Å². The van der Waals surface area contributed by atoms with Crippen LogP contribution in [0.4, 0.5) is 8.78 Å². The highest BCUT2D eigenvalue weighted by molar-refractivity contribution is 9.10. The number of nitrogens with two attached hydrogens (primary N) is 2. The number of halogens is 5. The molecule has 0 bridgehead atoms. The summed E-state index contributed by atoms with van der Waals surface area (Å²) in [6.07, 6.45) is 2.02. The number of morpholine rings is 1. The molecule has 7 rings (SSSR count). The van der Waals surface area contributed by atoms with Crippen LogP contribution < -0.4 is 11.5 Å². The van der Waals surface area contributed by atoms with Gasteiger partial charge >= 0.3 is 5.97 Å². The van der Waals surface area contributed by atoms with E-state index in [2.05, 4.69) is 21.1 Å². The molecule has 5 aromatic rings. The molecule has 2 aromatic heterocycles. The molecule has 2 aliphatic rings. The zero-order valence-corrected chi connectivity index (χ0v) is 32.6. The van der Waals surface area contributed by atoms with E-state index in [1.54, 1.807) is 30.9 Å². The van der Waals surface area contributed by atoms with Crippen LogP contribution in [-0.2, 0) is 17.8 Å². The van der Waals surface area contributed by atoms with Gasteiger partial charge in [0.05, 0.1) is 50.1 Å². The van der Waals surface area contributed by atoms with Crippen LogP contribution in [0.1, 0.15) is 74.8 Å². The third-order valence-electron chi connectivity index (χ3n) is 9.32. The molecule has 2 amide bonds. The Morgan fingerprint density at radius 1 is 1.02 bits per heavy atom. The predicted molar refractivity (Wildman–Crippen MR) is 205 cm³/mol. The quantitative estimate of drug-likeness (QED) is 0.151. The van der Waals surface area contributed by atoms with E-state index in [0.717, 1.165) is 18.9 Å². The van der Waals surface area contributed by atoms with Crippen LogP contribution in [0.3, 0.4) is 0 Å². The average Bonchev–Trinajstić information content (AvgIpc) is 3.77. The molecule has 5 N–H and O–H groups in total. The summed E-state index contributed by atoms with van der Waals surface area (Å²) in [4.78, 5) is 38.7. The Balaban J connectivity index is 0.000000357. The first-order valence-corrected chi connectivity index (χ1v) is 17.4. The summed E-state index contributed by atoms with van der Waals surface area (Å²) >= 11 is 2.90. The third-order valence-corrected chi connectivity index (χ3v) is 9.93. The molecule has 1 saturated heterocycles. The fraction of sp³-hybridized carbons (Fsp3) is 0.351. The summed E-state index contributed by atoms with van der Waals surface area (Å²) in [6, 6.07) is 9.18. The number of carboxylic acids is 1. The molecule has 3 aromatic carbocycles. The number of aromatic nitrogens is 2. The fourth-order valence-corrected chi connectivity index (χ4v) is 7.21. The summed E-state index contributed by atoms with van der Waals surface area (Å²) in [6.45, 7) is 9.00. The monoisotopic (exact) mass is 837 g/mol. The Morgan fingerprint density at radius 3 is 2.23 bits per heavy atom. The van der Waals surface area contributed by atoms with Crippen LogP contribution in [-0.4, -0.2) is 62.8 Å². The van der Waals surface area contributed by atoms with Crippen molar-refractivity contribution in [2.75, 3.05) is 13.1 Å². The average molecular weight is 840 g/mol. The SMILES string of the molecule is Cc1noc(C)c1-c1cc(C(N)=O)c2c(c1F)c1ccc(C(=O)N3C[C@@H](C)O[C@@H](C)C3)cc1n2CC1CC1.Cl.Cl.NCc1cc(F)c(Br)cc1C(=O)O. The van der Waals surface area contributed by atoms with Crippen molar-refractivity contribution in [1.82, 2.24) is 14.6 Å². The molecule has 284 valence electrons. The van der Waals surface area contributed by atoms with Crippen molar-refractivity contribution in [2.24, 2.45) is 17.4 Å². The Morgan fingerprint density at radius 2 is 1.68 bits per heavy atom. The maximum Gasteiger partial charge on any atom is 0.336 e. The minimum absolute atomic E-state index is 0. The minimum atomic E-state index is -1.11. The molecule has 2 atom stereocenters. The number of hydrogen-bond acceptors (Lipinski definition) is 7. The number of aryl methyl sites for hydroxylation is 2. The molecule has 1 aliphatic carbocycles. The fourth-order valence-electron chi connectivity index (χ4n) is 6.86. The number of hydrogen-bond donors (Lipinski definition) is 3. The van der Waals surface area contributed by atoms with Gasteiger partial charge < -0.3 is 35.3 Å². The number of aromatic carboxylic acids is 1. The predicted octanol–water partition coefficient (Wildman–Crippen LogP) is 7.55. The van der Waals surface area contributed by atoms with Gasteiger partial charge in [-0.05, 0) is 98.3 Å². The number of fused-ring (bicyclic) bond motifs is 3. The molecule has 0 spiro atoms. The van der Waals surface area contributed by atoms with Gasteiger partial charge in [0.25, 0.3) is 11.8 Å². The molecular weight excluding hydrogens is 799 g/mol. The number of benzene rings is 3. The highest BCUT2D eigenvalue weighted by Crippen LogP contribution is 2.42. The van der Waals surface area contributed by atoms with Crippen molar-refractivity contribution in [3.8, 4) is 11.1 Å². The number of primary amides is 1. The molecule has 1 aliphatic heterocycles. The topological polar surface area (TPSA) is 167 Å². The highest BCUT2D eigenvalue weighted by Gasteiger charge is 2.31. The molecule has 16 heteroatoms. The molecule has 0 radical (unpaired) electrons. The lowest BCUT2D eigenvalue weighted by atomic mass is 9.96. The zero-order chi connectivity index (χ0) is 36.9. The van der Waals surface area contributed by atoms with Crippen LogP contribution in [0, 0.1) is 31.4 Å². The van der Waals surface area contributed by atoms with Gasteiger partial charge in [0, 0.05) is 48.1 Å². The lowest BCUT2D eigenvalue weighted by Gasteiger charge is -2.35. The standard InChI is InChI=1S/C29H31FN4O4.C8H7BrFNO2.2ClH/c1-14-11-33(12-15(2)37-14)29(36)19-7-8-20-23(9-19)34(13-18-5-6-18)27-22(28(31)35)10-21(26(30)25(20)27)24-16(3)32-38-17(24)4;9-6-2-5(8(12)13)4(3-11)1-7(6)10;;/h7-10,14-15,18H,5-6,11-13H2,1-4H3,(H2,31,35);1-2H,3,11H2,(H,12,13);2*1H/t14-,15+;;;.